The summed E-state index contributed by atoms with van der Waals surface area (Å²) in [6.45, 7) is 4.08. The molecule has 8 heterocycles. The SMILES string of the molecule is CC[C@@]1(O)C(=O)OCc2c1cc1n(c2=O)Cc2c-1nc1cc(F)c(C)c3c1c2[C@@](C)(NC(=O)C(COO[C@]1(CC)C(=O)OCc2c1cc1n(c2=O)Cc2c-1nc1cc(F)c(C)c4c1c2[C@@H](NC(=O)C(=O)NCCO)CC4)C(F)(F)F)CC3. The Hall–Kier alpha value is -8.00. The normalized spacial score (nSPS) is 22.1. The zero-order chi connectivity index (χ0) is 58.4. The van der Waals surface area contributed by atoms with Gasteiger partial charge in [0.1, 0.15) is 31.5 Å². The number of aryl methyl sites for hydroxylation is 2. The van der Waals surface area contributed by atoms with Crippen molar-refractivity contribution in [2.24, 2.45) is 5.92 Å². The lowest BCUT2D eigenvalue weighted by atomic mass is 9.74. The fourth-order valence-corrected chi connectivity index (χ4v) is 13.1. The number of esters is 2. The van der Waals surface area contributed by atoms with Crippen molar-refractivity contribution in [1.29, 1.82) is 0 Å². The number of nitrogens with one attached hydrogen (secondary N) is 3. The first-order valence-corrected chi connectivity index (χ1v) is 26.7. The van der Waals surface area contributed by atoms with Gasteiger partial charge in [0, 0.05) is 51.7 Å². The van der Waals surface area contributed by atoms with Gasteiger partial charge in [0.15, 0.2) is 11.5 Å². The molecule has 5 N–H and O–H groups in total. The van der Waals surface area contributed by atoms with Gasteiger partial charge >= 0.3 is 29.9 Å². The van der Waals surface area contributed by atoms with Gasteiger partial charge in [-0.05, 0) is 105 Å². The lowest BCUT2D eigenvalue weighted by molar-refractivity contribution is -0.374. The third kappa shape index (κ3) is 7.85. The Kier molecular flexibility index (Phi) is 12.7. The predicted molar refractivity (Wildman–Crippen MR) is 276 cm³/mol. The van der Waals surface area contributed by atoms with E-state index in [2.05, 4.69) is 16.0 Å². The molecule has 0 radical (unpaired) electrons. The molecule has 4 aliphatic heterocycles. The zero-order valence-electron chi connectivity index (χ0n) is 44.7. The van der Waals surface area contributed by atoms with E-state index in [4.69, 9.17) is 29.2 Å². The number of benzene rings is 2. The molecule has 5 atom stereocenters. The maximum absolute atomic E-state index is 15.7. The van der Waals surface area contributed by atoms with Gasteiger partial charge in [-0.25, -0.2) is 38.1 Å². The molecule has 82 heavy (non-hydrogen) atoms. The van der Waals surface area contributed by atoms with Crippen molar-refractivity contribution in [2.45, 2.75) is 128 Å². The number of halogens is 5. The number of carbonyl (C=O) groups is 5. The summed E-state index contributed by atoms with van der Waals surface area (Å²) < 4.78 is 90.8. The van der Waals surface area contributed by atoms with E-state index in [0.717, 1.165) is 6.07 Å². The summed E-state index contributed by atoms with van der Waals surface area (Å²) in [5.74, 6) is -9.90. The molecule has 0 saturated carbocycles. The van der Waals surface area contributed by atoms with E-state index < -0.39 is 114 Å². The standard InChI is InChI=1S/C57H52F5N7O13/c1-6-55(78)31-14-39-46-28(19-69(39)50(74)29(31)20-79-52(55)76)44-43-26(24(4)35(59)17-38(43)65-46)10-11-54(44,5)67-47(71)33(57(60,61)62)22-81-82-56(7-2)32-15-40-45-27(18-68(40)51(75)30(32)21-80-53(56)77)42-36(66-49(73)48(72)63-12-13-70)9-8-25-23(3)34(58)16-37(64-45)41(25)42/h14-17,33,36,70,78H,6-13,18-22H2,1-5H3,(H,63,72)(H,66,73)(H,67,71)/t33?,36-,54-,55-,56-/m0/s1. The molecule has 1 unspecified atom stereocenters. The number of aliphatic hydroxyl groups is 2. The van der Waals surface area contributed by atoms with Crippen molar-refractivity contribution in [3.63, 3.8) is 0 Å². The first kappa shape index (κ1) is 54.6. The summed E-state index contributed by atoms with van der Waals surface area (Å²) in [6.07, 6.45) is -5.36. The van der Waals surface area contributed by atoms with Crippen LogP contribution >= 0.6 is 0 Å². The molecule has 0 fully saturated rings. The summed E-state index contributed by atoms with van der Waals surface area (Å²) in [5, 5.41) is 29.2. The molecule has 4 aromatic heterocycles. The van der Waals surface area contributed by atoms with E-state index in [1.54, 1.807) is 13.8 Å². The van der Waals surface area contributed by atoms with Crippen molar-refractivity contribution in [3.05, 3.63) is 123 Å². The Bertz CT molecular complexity index is 4050. The Labute approximate surface area is 460 Å². The summed E-state index contributed by atoms with van der Waals surface area (Å²) >= 11 is 0. The topological polar surface area (TPSA) is 269 Å². The van der Waals surface area contributed by atoms with E-state index in [9.17, 15) is 43.8 Å². The van der Waals surface area contributed by atoms with Crippen LogP contribution in [0.2, 0.25) is 0 Å². The molecule has 6 aromatic rings. The quantitative estimate of drug-likeness (QED) is 0.0387. The minimum Gasteiger partial charge on any atom is -0.458 e. The number of alkyl halides is 3. The third-order valence-electron chi connectivity index (χ3n) is 17.5. The van der Waals surface area contributed by atoms with Crippen LogP contribution in [0.15, 0.2) is 33.9 Å². The minimum absolute atomic E-state index is 0.00629. The monoisotopic (exact) mass is 1140 g/mol. The average Bonchev–Trinajstić information content (AvgIpc) is 1.57. The Morgan fingerprint density at radius 3 is 2.00 bits per heavy atom. The van der Waals surface area contributed by atoms with Gasteiger partial charge in [-0.15, -0.1) is 0 Å². The summed E-state index contributed by atoms with van der Waals surface area (Å²) in [4.78, 5) is 117. The van der Waals surface area contributed by atoms with Gasteiger partial charge in [0.2, 0.25) is 11.5 Å². The molecular weight excluding hydrogens is 1090 g/mol. The van der Waals surface area contributed by atoms with Crippen molar-refractivity contribution in [3.8, 4) is 22.8 Å². The van der Waals surface area contributed by atoms with E-state index >= 15 is 22.0 Å². The van der Waals surface area contributed by atoms with E-state index in [0.29, 0.717) is 44.2 Å². The Morgan fingerprint density at radius 2 is 1.38 bits per heavy atom. The molecule has 2 aliphatic carbocycles. The molecule has 6 aliphatic rings. The number of hydrogen-bond donors (Lipinski definition) is 5. The highest BCUT2D eigenvalue weighted by atomic mass is 19.4. The number of nitrogens with zero attached hydrogens (tertiary/aromatic N) is 4. The third-order valence-corrected chi connectivity index (χ3v) is 17.5. The van der Waals surface area contributed by atoms with Crippen LogP contribution in [0.1, 0.15) is 119 Å². The van der Waals surface area contributed by atoms with Crippen LogP contribution in [0, 0.1) is 31.4 Å². The molecule has 20 nitrogen and oxygen atoms in total. The van der Waals surface area contributed by atoms with Gasteiger partial charge in [0.25, 0.3) is 11.1 Å². The van der Waals surface area contributed by atoms with Crippen LogP contribution in [-0.2, 0) is 99.1 Å². The summed E-state index contributed by atoms with van der Waals surface area (Å²) in [6, 6.07) is 4.34. The molecule has 428 valence electrons. The molecule has 25 heteroatoms. The minimum atomic E-state index is -5.33. The number of cyclic esters (lactones) is 2. The van der Waals surface area contributed by atoms with Crippen LogP contribution in [0.4, 0.5) is 22.0 Å². The lowest BCUT2D eigenvalue weighted by Crippen LogP contribution is -2.52. The highest BCUT2D eigenvalue weighted by molar-refractivity contribution is 6.35. The maximum atomic E-state index is 15.7. The van der Waals surface area contributed by atoms with Crippen LogP contribution in [0.3, 0.4) is 0 Å². The van der Waals surface area contributed by atoms with Gasteiger partial charge < -0.3 is 44.8 Å². The molecule has 2 aromatic carbocycles. The van der Waals surface area contributed by atoms with Crippen molar-refractivity contribution in [1.82, 2.24) is 35.1 Å². The Balaban J connectivity index is 0.881. The largest absolute Gasteiger partial charge is 0.458 e. The second-order valence-corrected chi connectivity index (χ2v) is 21.9. The van der Waals surface area contributed by atoms with E-state index in [1.165, 1.54) is 48.1 Å². The molecule has 12 rings (SSSR count). The van der Waals surface area contributed by atoms with Gasteiger partial charge in [-0.3, -0.25) is 24.0 Å². The van der Waals surface area contributed by atoms with Gasteiger partial charge in [-0.2, -0.15) is 13.2 Å². The lowest BCUT2D eigenvalue weighted by Gasteiger charge is -2.39. The maximum Gasteiger partial charge on any atom is 0.402 e. The molecule has 0 spiro atoms. The summed E-state index contributed by atoms with van der Waals surface area (Å²) in [5.41, 5.74) is -4.01. The van der Waals surface area contributed by atoms with Crippen LogP contribution in [0.5, 0.6) is 0 Å². The van der Waals surface area contributed by atoms with Crippen LogP contribution in [-0.4, -0.2) is 84.9 Å². The Morgan fingerprint density at radius 1 is 0.793 bits per heavy atom. The fraction of sp³-hybridized carbons (Fsp3) is 0.421. The molecule has 0 bridgehead atoms. The predicted octanol–water partition coefficient (Wildman–Crippen LogP) is 4.69. The van der Waals surface area contributed by atoms with Crippen molar-refractivity contribution >= 4 is 51.5 Å². The number of carbonyl (C=O) groups excluding carboxylic acids is 5. The number of aliphatic hydroxyl groups excluding tert-OH is 1. The van der Waals surface area contributed by atoms with Gasteiger partial charge in [0.05, 0.1) is 76.2 Å². The van der Waals surface area contributed by atoms with Crippen molar-refractivity contribution < 1.29 is 75.4 Å². The molecule has 0 saturated heterocycles. The van der Waals surface area contributed by atoms with Crippen LogP contribution < -0.4 is 27.1 Å². The van der Waals surface area contributed by atoms with Crippen LogP contribution in [0.25, 0.3) is 44.6 Å². The molecule has 3 amide bonds. The number of hydrogen-bond acceptors (Lipinski definition) is 15. The van der Waals surface area contributed by atoms with E-state index in [-0.39, 0.29) is 125 Å². The number of rotatable bonds is 11. The molecular formula is C57H52F5N7O13. The second kappa shape index (κ2) is 19.0. The smallest absolute Gasteiger partial charge is 0.402 e. The number of fused-ring (bicyclic) bond motifs is 10. The highest BCUT2D eigenvalue weighted by Gasteiger charge is 2.54. The van der Waals surface area contributed by atoms with Crippen molar-refractivity contribution in [2.75, 3.05) is 19.8 Å². The fourth-order valence-electron chi connectivity index (χ4n) is 13.1. The second-order valence-electron chi connectivity index (χ2n) is 21.9. The highest BCUT2D eigenvalue weighted by Crippen LogP contribution is 2.50. The zero-order valence-corrected chi connectivity index (χ0v) is 44.7. The van der Waals surface area contributed by atoms with Gasteiger partial charge in [-0.1, -0.05) is 13.8 Å². The van der Waals surface area contributed by atoms with E-state index in [1.807, 2.05) is 0 Å². The first-order valence-electron chi connectivity index (χ1n) is 26.7. The summed E-state index contributed by atoms with van der Waals surface area (Å²) in [7, 11) is 0. The number of amides is 3. The number of pyridine rings is 4. The first-order chi connectivity index (χ1) is 38.9. The number of aromatic nitrogens is 4. The average molecular weight is 1140 g/mol. The number of ether oxygens (including phenoxy) is 2.